The second-order valence-electron chi connectivity index (χ2n) is 10.3. The first-order chi connectivity index (χ1) is 19.1. The first-order valence-corrected chi connectivity index (χ1v) is 16.6. The summed E-state index contributed by atoms with van der Waals surface area (Å²) >= 11 is 0. The Morgan fingerprint density at radius 1 is 0.700 bits per heavy atom. The number of aliphatic carboxylic acids is 1. The molecule has 0 fully saturated rings. The molecule has 0 aliphatic rings. The van der Waals surface area contributed by atoms with Crippen LogP contribution >= 0.6 is 7.82 Å². The number of ether oxygens (including phenoxy) is 1. The van der Waals surface area contributed by atoms with Gasteiger partial charge in [0.1, 0.15) is 12.7 Å². The van der Waals surface area contributed by atoms with Gasteiger partial charge < -0.3 is 25.2 Å². The number of aliphatic hydroxyl groups excluding tert-OH is 1. The van der Waals surface area contributed by atoms with E-state index < -0.39 is 57.6 Å². The Morgan fingerprint density at radius 3 is 1.68 bits per heavy atom. The van der Waals surface area contributed by atoms with E-state index in [2.05, 4.69) is 21.3 Å². The molecule has 0 aromatic carbocycles. The van der Waals surface area contributed by atoms with E-state index in [4.69, 9.17) is 4.74 Å². The smallest absolute Gasteiger partial charge is 0.472 e. The first-order valence-electron chi connectivity index (χ1n) is 15.1. The third kappa shape index (κ3) is 24.3. The summed E-state index contributed by atoms with van der Waals surface area (Å²) in [6.07, 6.45) is 16.6. The topological polar surface area (TPSA) is 169 Å². The lowest BCUT2D eigenvalue weighted by molar-refractivity contribution is -0.147. The molecule has 0 aromatic rings. The highest BCUT2D eigenvalue weighted by molar-refractivity contribution is 7.47. The van der Waals surface area contributed by atoms with Crippen molar-refractivity contribution < 1.29 is 47.8 Å². The lowest BCUT2D eigenvalue weighted by Crippen LogP contribution is -2.43. The van der Waals surface area contributed by atoms with Crippen molar-refractivity contribution in [2.24, 2.45) is 0 Å². The van der Waals surface area contributed by atoms with Gasteiger partial charge in [-0.2, -0.15) is 0 Å². The van der Waals surface area contributed by atoms with Gasteiger partial charge in [-0.05, 0) is 12.8 Å². The standard InChI is InChI=1S/C28H54NO10P/c1-3-5-7-9-10-11-12-13-14-15-16-18-20-27(32)37-21-24(30)22-38-40(35,36)39-23-25(28(33)34)29-26(31)19-17-8-6-4-2/h24-25,30H,3-23H2,1-2H3,(H,29,31)(H,33,34)(H,35,36). The van der Waals surface area contributed by atoms with E-state index in [1.54, 1.807) is 0 Å². The van der Waals surface area contributed by atoms with Crippen LogP contribution in [-0.2, 0) is 32.7 Å². The SMILES string of the molecule is CCCCCCCCCCCCCCC(=O)OCC(O)COP(=O)(O)OCC(NC(=O)CCCCCC)C(=O)O. The minimum Gasteiger partial charge on any atom is -0.480 e. The van der Waals surface area contributed by atoms with Crippen molar-refractivity contribution >= 4 is 25.7 Å². The molecule has 4 N–H and O–H groups in total. The average molecular weight is 596 g/mol. The van der Waals surface area contributed by atoms with Gasteiger partial charge in [0.25, 0.3) is 0 Å². The number of carbonyl (C=O) groups is 3. The van der Waals surface area contributed by atoms with Crippen LogP contribution in [0.15, 0.2) is 0 Å². The van der Waals surface area contributed by atoms with Crippen LogP contribution in [0, 0.1) is 0 Å². The maximum Gasteiger partial charge on any atom is 0.472 e. The number of carboxylic acid groups (broad SMARTS) is 1. The van der Waals surface area contributed by atoms with Gasteiger partial charge in [-0.25, -0.2) is 9.36 Å². The lowest BCUT2D eigenvalue weighted by atomic mass is 10.0. The number of nitrogens with one attached hydrogen (secondary N) is 1. The Morgan fingerprint density at radius 2 is 1.15 bits per heavy atom. The molecule has 3 atom stereocenters. The minimum absolute atomic E-state index is 0.140. The average Bonchev–Trinajstić information content (AvgIpc) is 2.91. The summed E-state index contributed by atoms with van der Waals surface area (Å²) in [5.41, 5.74) is 0. The van der Waals surface area contributed by atoms with Crippen LogP contribution in [0.5, 0.6) is 0 Å². The number of hydrogen-bond acceptors (Lipinski definition) is 8. The van der Waals surface area contributed by atoms with E-state index in [1.807, 2.05) is 6.92 Å². The molecule has 0 bridgehead atoms. The Balaban J connectivity index is 3.96. The van der Waals surface area contributed by atoms with Crippen LogP contribution in [-0.4, -0.2) is 64.9 Å². The molecule has 0 heterocycles. The number of esters is 1. The van der Waals surface area contributed by atoms with Gasteiger partial charge in [0, 0.05) is 12.8 Å². The Labute approximate surface area is 240 Å². The number of hydrogen-bond donors (Lipinski definition) is 4. The van der Waals surface area contributed by atoms with Gasteiger partial charge >= 0.3 is 19.8 Å². The van der Waals surface area contributed by atoms with E-state index in [-0.39, 0.29) is 12.8 Å². The number of amides is 1. The number of phosphoric acid groups is 1. The van der Waals surface area contributed by atoms with E-state index in [9.17, 15) is 34.1 Å². The number of phosphoric ester groups is 1. The third-order valence-electron chi connectivity index (χ3n) is 6.40. The molecule has 0 radical (unpaired) electrons. The van der Waals surface area contributed by atoms with Gasteiger partial charge in [0.05, 0.1) is 13.2 Å². The quantitative estimate of drug-likeness (QED) is 0.0503. The number of aliphatic hydroxyl groups is 1. The summed E-state index contributed by atoms with van der Waals surface area (Å²) in [7, 11) is -4.72. The zero-order valence-electron chi connectivity index (χ0n) is 24.7. The molecule has 236 valence electrons. The zero-order chi connectivity index (χ0) is 30.1. The normalized spacial score (nSPS) is 14.3. The van der Waals surface area contributed by atoms with Gasteiger partial charge in [-0.3, -0.25) is 18.6 Å². The molecule has 3 unspecified atom stereocenters. The van der Waals surface area contributed by atoms with Crippen molar-refractivity contribution in [2.45, 2.75) is 142 Å². The van der Waals surface area contributed by atoms with Crippen LogP contribution in [0.3, 0.4) is 0 Å². The largest absolute Gasteiger partial charge is 0.480 e. The fourth-order valence-corrected chi connectivity index (χ4v) is 4.73. The van der Waals surface area contributed by atoms with E-state index in [0.29, 0.717) is 12.8 Å². The Hall–Kier alpha value is -1.52. The van der Waals surface area contributed by atoms with Crippen LogP contribution in [0.4, 0.5) is 0 Å². The van der Waals surface area contributed by atoms with Crippen molar-refractivity contribution in [1.82, 2.24) is 5.32 Å². The Bertz CT molecular complexity index is 721. The molecule has 0 aromatic heterocycles. The molecule has 1 amide bonds. The van der Waals surface area contributed by atoms with E-state index in [0.717, 1.165) is 38.5 Å². The number of unbranched alkanes of at least 4 members (excludes halogenated alkanes) is 14. The predicted molar refractivity (Wildman–Crippen MR) is 153 cm³/mol. The van der Waals surface area contributed by atoms with Gasteiger partial charge in [-0.15, -0.1) is 0 Å². The summed E-state index contributed by atoms with van der Waals surface area (Å²) in [6.45, 7) is 2.37. The summed E-state index contributed by atoms with van der Waals surface area (Å²) in [5.74, 6) is -2.40. The molecular formula is C28H54NO10P. The van der Waals surface area contributed by atoms with E-state index >= 15 is 0 Å². The molecule has 0 spiro atoms. The van der Waals surface area contributed by atoms with Crippen molar-refractivity contribution in [3.8, 4) is 0 Å². The van der Waals surface area contributed by atoms with Gasteiger partial charge in [0.15, 0.2) is 6.04 Å². The highest BCUT2D eigenvalue weighted by Gasteiger charge is 2.28. The molecule has 11 nitrogen and oxygen atoms in total. The maximum absolute atomic E-state index is 12.0. The first kappa shape index (κ1) is 38.5. The number of carboxylic acids is 1. The molecular weight excluding hydrogens is 541 g/mol. The molecule has 0 saturated heterocycles. The van der Waals surface area contributed by atoms with Crippen molar-refractivity contribution in [2.75, 3.05) is 19.8 Å². The van der Waals surface area contributed by atoms with Crippen LogP contribution in [0.1, 0.15) is 129 Å². The Kier molecular flexibility index (Phi) is 24.3. The van der Waals surface area contributed by atoms with Crippen molar-refractivity contribution in [1.29, 1.82) is 0 Å². The highest BCUT2D eigenvalue weighted by Crippen LogP contribution is 2.43. The lowest BCUT2D eigenvalue weighted by Gasteiger charge is -2.18. The summed E-state index contributed by atoms with van der Waals surface area (Å²) in [6, 6.07) is -1.53. The molecule has 0 aliphatic heterocycles. The molecule has 12 heteroatoms. The minimum atomic E-state index is -4.72. The molecule has 0 rings (SSSR count). The van der Waals surface area contributed by atoms with E-state index in [1.165, 1.54) is 51.4 Å². The fourth-order valence-electron chi connectivity index (χ4n) is 3.96. The molecule has 40 heavy (non-hydrogen) atoms. The maximum atomic E-state index is 12.0. The molecule has 0 aliphatic carbocycles. The van der Waals surface area contributed by atoms with Gasteiger partial charge in [-0.1, -0.05) is 104 Å². The highest BCUT2D eigenvalue weighted by atomic mass is 31.2. The van der Waals surface area contributed by atoms with Crippen molar-refractivity contribution in [3.05, 3.63) is 0 Å². The second kappa shape index (κ2) is 25.2. The summed E-state index contributed by atoms with van der Waals surface area (Å²) in [4.78, 5) is 44.9. The van der Waals surface area contributed by atoms with Crippen LogP contribution in [0.2, 0.25) is 0 Å². The van der Waals surface area contributed by atoms with Gasteiger partial charge in [0.2, 0.25) is 5.91 Å². The summed E-state index contributed by atoms with van der Waals surface area (Å²) < 4.78 is 26.4. The monoisotopic (exact) mass is 595 g/mol. The third-order valence-corrected chi connectivity index (χ3v) is 7.35. The number of rotatable bonds is 28. The zero-order valence-corrected chi connectivity index (χ0v) is 25.5. The van der Waals surface area contributed by atoms with Crippen LogP contribution in [0.25, 0.3) is 0 Å². The number of carbonyl (C=O) groups excluding carboxylic acids is 2. The van der Waals surface area contributed by atoms with Crippen molar-refractivity contribution in [3.63, 3.8) is 0 Å². The summed E-state index contributed by atoms with van der Waals surface area (Å²) in [5, 5.41) is 21.4. The molecule has 0 saturated carbocycles. The van der Waals surface area contributed by atoms with Crippen LogP contribution < -0.4 is 5.32 Å². The fraction of sp³-hybridized carbons (Fsp3) is 0.893. The predicted octanol–water partition coefficient (Wildman–Crippen LogP) is 5.66. The second-order valence-corrected chi connectivity index (χ2v) is 11.8.